The van der Waals surface area contributed by atoms with Gasteiger partial charge < -0.3 is 11.5 Å². The molecule has 0 fully saturated rings. The molecule has 0 atom stereocenters. The average Bonchev–Trinajstić information content (AvgIpc) is 2.68. The summed E-state index contributed by atoms with van der Waals surface area (Å²) >= 11 is 0. The highest BCUT2D eigenvalue weighted by molar-refractivity contribution is 5.90. The zero-order valence-electron chi connectivity index (χ0n) is 11.1. The molecule has 0 aliphatic rings. The second kappa shape index (κ2) is 4.97. The Balaban J connectivity index is 2.74. The van der Waals surface area contributed by atoms with Crippen molar-refractivity contribution in [2.24, 2.45) is 5.73 Å². The summed E-state index contributed by atoms with van der Waals surface area (Å²) in [5.74, 6) is 0.444. The van der Waals surface area contributed by atoms with Crippen molar-refractivity contribution in [3.8, 4) is 0 Å². The third kappa shape index (κ3) is 2.35. The standard InChI is InChI=1S/C14H17N5/c1-4-11(6-5-10(3)15)12-9(2)7-19-13(12)14(16)17-8-18-19/h4-8H,1,15H2,2-3H3,(H2,16,17,18)/b10-5+,11-6+. The predicted molar refractivity (Wildman–Crippen MR) is 78.3 cm³/mol. The van der Waals surface area contributed by atoms with E-state index in [-0.39, 0.29) is 0 Å². The van der Waals surface area contributed by atoms with Crippen LogP contribution in [-0.2, 0) is 0 Å². The monoisotopic (exact) mass is 255 g/mol. The Morgan fingerprint density at radius 2 is 2.16 bits per heavy atom. The van der Waals surface area contributed by atoms with E-state index < -0.39 is 0 Å². The van der Waals surface area contributed by atoms with Gasteiger partial charge in [0.2, 0.25) is 0 Å². The summed E-state index contributed by atoms with van der Waals surface area (Å²) in [7, 11) is 0. The first-order valence-electron chi connectivity index (χ1n) is 5.90. The van der Waals surface area contributed by atoms with Crippen molar-refractivity contribution in [3.63, 3.8) is 0 Å². The molecule has 0 aromatic carbocycles. The Kier molecular flexibility index (Phi) is 3.37. The van der Waals surface area contributed by atoms with E-state index in [0.717, 1.165) is 27.9 Å². The number of nitrogen functional groups attached to an aromatic ring is 1. The van der Waals surface area contributed by atoms with Crippen molar-refractivity contribution < 1.29 is 0 Å². The summed E-state index contributed by atoms with van der Waals surface area (Å²) in [5.41, 5.74) is 16.1. The second-order valence-electron chi connectivity index (χ2n) is 4.36. The Morgan fingerprint density at radius 3 is 2.79 bits per heavy atom. The maximum Gasteiger partial charge on any atom is 0.151 e. The number of fused-ring (bicyclic) bond motifs is 1. The van der Waals surface area contributed by atoms with Crippen molar-refractivity contribution in [2.45, 2.75) is 13.8 Å². The maximum atomic E-state index is 5.95. The summed E-state index contributed by atoms with van der Waals surface area (Å²) in [4.78, 5) is 4.04. The first-order chi connectivity index (χ1) is 9.04. The third-order valence-corrected chi connectivity index (χ3v) is 2.83. The fraction of sp³-hybridized carbons (Fsp3) is 0.143. The number of allylic oxidation sites excluding steroid dienone is 5. The topological polar surface area (TPSA) is 82.2 Å². The molecule has 0 radical (unpaired) electrons. The minimum atomic E-state index is 0.444. The van der Waals surface area contributed by atoms with E-state index in [1.54, 1.807) is 10.6 Å². The number of hydrogen-bond acceptors (Lipinski definition) is 4. The van der Waals surface area contributed by atoms with Gasteiger partial charge in [-0.25, -0.2) is 9.50 Å². The number of aromatic nitrogens is 3. The average molecular weight is 255 g/mol. The molecule has 0 aliphatic carbocycles. The van der Waals surface area contributed by atoms with Crippen LogP contribution in [0, 0.1) is 6.92 Å². The summed E-state index contributed by atoms with van der Waals surface area (Å²) in [6.07, 6.45) is 8.87. The van der Waals surface area contributed by atoms with Gasteiger partial charge >= 0.3 is 0 Å². The van der Waals surface area contributed by atoms with Gasteiger partial charge in [-0.1, -0.05) is 18.7 Å². The normalized spacial score (nSPS) is 12.9. The van der Waals surface area contributed by atoms with Crippen molar-refractivity contribution in [2.75, 3.05) is 5.73 Å². The summed E-state index contributed by atoms with van der Waals surface area (Å²) in [5, 5.41) is 4.16. The molecule has 0 bridgehead atoms. The highest BCUT2D eigenvalue weighted by atomic mass is 15.2. The van der Waals surface area contributed by atoms with Crippen LogP contribution in [0.4, 0.5) is 5.82 Å². The number of nitrogens with zero attached hydrogens (tertiary/aromatic N) is 3. The molecule has 2 aromatic heterocycles. The minimum absolute atomic E-state index is 0.444. The van der Waals surface area contributed by atoms with Gasteiger partial charge in [-0.05, 0) is 31.1 Å². The molecule has 2 rings (SSSR count). The Bertz CT molecular complexity index is 687. The quantitative estimate of drug-likeness (QED) is 0.822. The van der Waals surface area contributed by atoms with E-state index in [4.69, 9.17) is 11.5 Å². The number of hydrogen-bond donors (Lipinski definition) is 2. The fourth-order valence-corrected chi connectivity index (χ4v) is 1.99. The van der Waals surface area contributed by atoms with Crippen molar-refractivity contribution in [1.29, 1.82) is 0 Å². The van der Waals surface area contributed by atoms with E-state index in [9.17, 15) is 0 Å². The van der Waals surface area contributed by atoms with Crippen molar-refractivity contribution in [1.82, 2.24) is 14.6 Å². The minimum Gasteiger partial charge on any atom is -0.402 e. The van der Waals surface area contributed by atoms with Crippen molar-refractivity contribution >= 4 is 16.9 Å². The Hall–Kier alpha value is -2.56. The van der Waals surface area contributed by atoms with Crippen LogP contribution in [-0.4, -0.2) is 14.6 Å². The van der Waals surface area contributed by atoms with Gasteiger partial charge in [0.15, 0.2) is 5.82 Å². The van der Waals surface area contributed by atoms with Gasteiger partial charge in [-0.15, -0.1) is 0 Å². The molecule has 4 N–H and O–H groups in total. The molecule has 98 valence electrons. The van der Waals surface area contributed by atoms with E-state index in [0.29, 0.717) is 5.82 Å². The zero-order chi connectivity index (χ0) is 14.0. The highest BCUT2D eigenvalue weighted by Crippen LogP contribution is 2.28. The number of anilines is 1. The lowest BCUT2D eigenvalue weighted by molar-refractivity contribution is 0.905. The molecular weight excluding hydrogens is 238 g/mol. The van der Waals surface area contributed by atoms with Crippen LogP contribution < -0.4 is 11.5 Å². The first-order valence-corrected chi connectivity index (χ1v) is 5.90. The summed E-state index contributed by atoms with van der Waals surface area (Å²) in [6.45, 7) is 7.68. The number of nitrogens with two attached hydrogens (primary N) is 2. The molecular formula is C14H17N5. The van der Waals surface area contributed by atoms with Gasteiger partial charge in [0, 0.05) is 17.5 Å². The molecule has 0 spiro atoms. The van der Waals surface area contributed by atoms with Gasteiger partial charge in [0.05, 0.1) is 0 Å². The SMILES string of the molecule is C=C/C(=C\C=C(/C)N)c1c(C)cn2ncnc(N)c12. The largest absolute Gasteiger partial charge is 0.402 e. The van der Waals surface area contributed by atoms with E-state index in [1.165, 1.54) is 6.33 Å². The molecule has 2 aromatic rings. The fourth-order valence-electron chi connectivity index (χ4n) is 1.99. The van der Waals surface area contributed by atoms with Crippen LogP contribution in [0.15, 0.2) is 43.0 Å². The second-order valence-corrected chi connectivity index (χ2v) is 4.36. The van der Waals surface area contributed by atoms with Crippen LogP contribution in [0.25, 0.3) is 11.1 Å². The highest BCUT2D eigenvalue weighted by Gasteiger charge is 2.13. The molecule has 0 amide bonds. The van der Waals surface area contributed by atoms with Gasteiger partial charge in [-0.3, -0.25) is 0 Å². The van der Waals surface area contributed by atoms with Crippen molar-refractivity contribution in [3.05, 3.63) is 54.2 Å². The van der Waals surface area contributed by atoms with Crippen LogP contribution in [0.2, 0.25) is 0 Å². The van der Waals surface area contributed by atoms with E-state index in [1.807, 2.05) is 32.2 Å². The third-order valence-electron chi connectivity index (χ3n) is 2.83. The van der Waals surface area contributed by atoms with Gasteiger partial charge in [0.25, 0.3) is 0 Å². The lowest BCUT2D eigenvalue weighted by atomic mass is 10.0. The molecule has 5 heteroatoms. The molecule has 0 saturated heterocycles. The van der Waals surface area contributed by atoms with Crippen LogP contribution in [0.3, 0.4) is 0 Å². The molecule has 0 aliphatic heterocycles. The first kappa shape index (κ1) is 12.9. The van der Waals surface area contributed by atoms with Crippen LogP contribution in [0.1, 0.15) is 18.1 Å². The van der Waals surface area contributed by atoms with Crippen LogP contribution >= 0.6 is 0 Å². The molecule has 19 heavy (non-hydrogen) atoms. The molecule has 0 unspecified atom stereocenters. The summed E-state index contributed by atoms with van der Waals surface area (Å²) in [6, 6.07) is 0. The van der Waals surface area contributed by atoms with Crippen LogP contribution in [0.5, 0.6) is 0 Å². The smallest absolute Gasteiger partial charge is 0.151 e. The number of aryl methyl sites for hydroxylation is 1. The number of rotatable bonds is 3. The molecule has 0 saturated carbocycles. The van der Waals surface area contributed by atoms with E-state index in [2.05, 4.69) is 16.7 Å². The predicted octanol–water partition coefficient (Wildman–Crippen LogP) is 2.05. The maximum absolute atomic E-state index is 5.95. The Labute approximate surface area is 111 Å². The zero-order valence-corrected chi connectivity index (χ0v) is 11.1. The van der Waals surface area contributed by atoms with Gasteiger partial charge in [0.1, 0.15) is 11.8 Å². The lowest BCUT2D eigenvalue weighted by Crippen LogP contribution is -1.99. The van der Waals surface area contributed by atoms with E-state index >= 15 is 0 Å². The molecule has 5 nitrogen and oxygen atoms in total. The summed E-state index contributed by atoms with van der Waals surface area (Å²) < 4.78 is 1.73. The molecule has 2 heterocycles. The lowest BCUT2D eigenvalue weighted by Gasteiger charge is -2.04. The Morgan fingerprint density at radius 1 is 1.42 bits per heavy atom. The van der Waals surface area contributed by atoms with Gasteiger partial charge in [-0.2, -0.15) is 5.10 Å².